The molecule has 8 nitrogen and oxygen atoms in total. The van der Waals surface area contributed by atoms with Gasteiger partial charge in [0.25, 0.3) is 0 Å². The molecule has 0 spiro atoms. The lowest BCUT2D eigenvalue weighted by Crippen LogP contribution is -2.49. The predicted molar refractivity (Wildman–Crippen MR) is 103 cm³/mol. The molecule has 0 bridgehead atoms. The van der Waals surface area contributed by atoms with Crippen LogP contribution in [0.15, 0.2) is 46.5 Å². The molecule has 1 N–H and O–H groups in total. The third-order valence-electron chi connectivity index (χ3n) is 4.50. The lowest BCUT2D eigenvalue weighted by atomic mass is 10.1. The van der Waals surface area contributed by atoms with Gasteiger partial charge in [0.1, 0.15) is 16.8 Å². The van der Waals surface area contributed by atoms with Crippen LogP contribution in [-0.4, -0.2) is 68.1 Å². The second-order valence-electron chi connectivity index (χ2n) is 6.48. The molecular weight excluding hydrogens is 385 g/mol. The number of sulfone groups is 1. The van der Waals surface area contributed by atoms with Crippen LogP contribution in [0.3, 0.4) is 0 Å². The topological polar surface area (TPSA) is 88.8 Å². The summed E-state index contributed by atoms with van der Waals surface area (Å²) >= 11 is 0. The Labute approximate surface area is 163 Å². The smallest absolute Gasteiger partial charge is 0.193 e. The molecule has 1 aromatic carbocycles. The van der Waals surface area contributed by atoms with Crippen LogP contribution >= 0.6 is 0 Å². The third kappa shape index (κ3) is 4.68. The van der Waals surface area contributed by atoms with E-state index in [2.05, 4.69) is 15.4 Å². The van der Waals surface area contributed by atoms with Crippen LogP contribution in [0, 0.1) is 5.82 Å². The van der Waals surface area contributed by atoms with Crippen LogP contribution in [0.5, 0.6) is 0 Å². The predicted octanol–water partition coefficient (Wildman–Crippen LogP) is 0.982. The van der Waals surface area contributed by atoms with Gasteiger partial charge >= 0.3 is 0 Å². The fraction of sp³-hybridized carbons (Fsp3) is 0.444. The van der Waals surface area contributed by atoms with Crippen LogP contribution < -0.4 is 5.32 Å². The van der Waals surface area contributed by atoms with Gasteiger partial charge in [-0.3, -0.25) is 9.67 Å². The maximum Gasteiger partial charge on any atom is 0.193 e. The van der Waals surface area contributed by atoms with E-state index >= 15 is 0 Å². The molecule has 0 aliphatic carbocycles. The molecule has 2 heterocycles. The Morgan fingerprint density at radius 1 is 1.43 bits per heavy atom. The average molecular weight is 409 g/mol. The fourth-order valence-corrected chi connectivity index (χ4v) is 4.33. The molecular formula is C18H24FN5O3S. The summed E-state index contributed by atoms with van der Waals surface area (Å²) in [6.45, 7) is 1.86. The summed E-state index contributed by atoms with van der Waals surface area (Å²) in [6, 6.07) is 5.39. The van der Waals surface area contributed by atoms with Crippen LogP contribution in [0.2, 0.25) is 0 Å². The van der Waals surface area contributed by atoms with Gasteiger partial charge in [-0.15, -0.1) is 0 Å². The van der Waals surface area contributed by atoms with E-state index < -0.39 is 15.7 Å². The Bertz CT molecular complexity index is 944. The highest BCUT2D eigenvalue weighted by Gasteiger charge is 2.25. The number of nitrogens with zero attached hydrogens (tertiary/aromatic N) is 4. The van der Waals surface area contributed by atoms with E-state index in [-0.39, 0.29) is 23.3 Å². The first-order chi connectivity index (χ1) is 13.4. The minimum Gasteiger partial charge on any atom is -0.370 e. The maximum atomic E-state index is 13.8. The van der Waals surface area contributed by atoms with E-state index in [1.807, 2.05) is 18.1 Å². The number of benzene rings is 1. The maximum absolute atomic E-state index is 13.8. The number of rotatable bonds is 5. The molecule has 1 aliphatic heterocycles. The summed E-state index contributed by atoms with van der Waals surface area (Å²) in [5, 5.41) is 7.23. The number of aliphatic imine (C=N–C) groups is 1. The first-order valence-corrected chi connectivity index (χ1v) is 10.6. The van der Waals surface area contributed by atoms with E-state index in [0.29, 0.717) is 25.7 Å². The average Bonchev–Trinajstić information content (AvgIpc) is 3.12. The van der Waals surface area contributed by atoms with Crippen molar-refractivity contribution in [3.05, 3.63) is 48.0 Å². The number of aromatic nitrogens is 2. The number of ether oxygens (including phenoxy) is 1. The number of aryl methyl sites for hydroxylation is 1. The summed E-state index contributed by atoms with van der Waals surface area (Å²) in [7, 11) is -0.234. The molecule has 28 heavy (non-hydrogen) atoms. The Morgan fingerprint density at radius 3 is 2.89 bits per heavy atom. The van der Waals surface area contributed by atoms with E-state index in [4.69, 9.17) is 4.74 Å². The van der Waals surface area contributed by atoms with Crippen molar-refractivity contribution < 1.29 is 17.5 Å². The van der Waals surface area contributed by atoms with Crippen LogP contribution in [0.1, 0.15) is 11.7 Å². The van der Waals surface area contributed by atoms with Crippen molar-refractivity contribution in [3.63, 3.8) is 0 Å². The fourth-order valence-electron chi connectivity index (χ4n) is 3.09. The van der Waals surface area contributed by atoms with Gasteiger partial charge in [0, 0.05) is 38.9 Å². The molecule has 2 aromatic rings. The molecule has 1 saturated heterocycles. The van der Waals surface area contributed by atoms with E-state index in [0.717, 1.165) is 11.6 Å². The molecule has 0 radical (unpaired) electrons. The van der Waals surface area contributed by atoms with E-state index in [9.17, 15) is 12.8 Å². The highest BCUT2D eigenvalue weighted by Crippen LogP contribution is 2.21. The third-order valence-corrected chi connectivity index (χ3v) is 6.24. The van der Waals surface area contributed by atoms with Gasteiger partial charge < -0.3 is 15.0 Å². The van der Waals surface area contributed by atoms with Crippen molar-refractivity contribution in [1.29, 1.82) is 0 Å². The van der Waals surface area contributed by atoms with Crippen molar-refractivity contribution in [3.8, 4) is 0 Å². The Morgan fingerprint density at radius 2 is 2.21 bits per heavy atom. The minimum atomic E-state index is -3.72. The van der Waals surface area contributed by atoms with Crippen molar-refractivity contribution >= 4 is 15.8 Å². The second-order valence-corrected chi connectivity index (χ2v) is 8.55. The molecule has 1 aromatic heterocycles. The Kier molecular flexibility index (Phi) is 6.30. The zero-order valence-corrected chi connectivity index (χ0v) is 16.7. The van der Waals surface area contributed by atoms with Crippen LogP contribution in [-0.2, 0) is 21.6 Å². The Hall–Kier alpha value is -2.46. The van der Waals surface area contributed by atoms with Crippen molar-refractivity contribution in [2.75, 3.05) is 39.0 Å². The highest BCUT2D eigenvalue weighted by atomic mass is 32.2. The first kappa shape index (κ1) is 20.3. The van der Waals surface area contributed by atoms with Crippen molar-refractivity contribution in [2.45, 2.75) is 11.0 Å². The number of nitrogens with one attached hydrogen (secondary N) is 1. The van der Waals surface area contributed by atoms with Gasteiger partial charge in [-0.05, 0) is 12.1 Å². The number of morpholine rings is 1. The van der Waals surface area contributed by atoms with Crippen molar-refractivity contribution in [1.82, 2.24) is 20.0 Å². The zero-order valence-electron chi connectivity index (χ0n) is 15.9. The lowest BCUT2D eigenvalue weighted by Gasteiger charge is -2.34. The number of hydrogen-bond donors (Lipinski definition) is 1. The number of halogens is 1. The van der Waals surface area contributed by atoms with E-state index in [1.165, 1.54) is 18.2 Å². The number of guanidine groups is 1. The van der Waals surface area contributed by atoms with Crippen LogP contribution in [0.4, 0.5) is 4.39 Å². The molecule has 1 aliphatic rings. The quantitative estimate of drug-likeness (QED) is 0.585. The summed E-state index contributed by atoms with van der Waals surface area (Å²) in [5.74, 6) is -0.385. The number of hydrogen-bond acceptors (Lipinski definition) is 5. The molecule has 1 fully saturated rings. The summed E-state index contributed by atoms with van der Waals surface area (Å²) in [4.78, 5) is 5.97. The molecule has 1 unspecified atom stereocenters. The monoisotopic (exact) mass is 409 g/mol. The second kappa shape index (κ2) is 8.70. The summed E-state index contributed by atoms with van der Waals surface area (Å²) in [5.41, 5.74) is 0.977. The minimum absolute atomic E-state index is 0.123. The van der Waals surface area contributed by atoms with E-state index in [1.54, 1.807) is 17.9 Å². The van der Waals surface area contributed by atoms with Gasteiger partial charge in [-0.1, -0.05) is 12.1 Å². The highest BCUT2D eigenvalue weighted by molar-refractivity contribution is 7.91. The molecule has 152 valence electrons. The van der Waals surface area contributed by atoms with Gasteiger partial charge in [-0.2, -0.15) is 5.10 Å². The van der Waals surface area contributed by atoms with Gasteiger partial charge in [-0.25, -0.2) is 12.8 Å². The molecule has 0 saturated carbocycles. The lowest BCUT2D eigenvalue weighted by molar-refractivity contribution is -0.00798. The first-order valence-electron chi connectivity index (χ1n) is 8.94. The molecule has 0 amide bonds. The molecule has 3 rings (SSSR count). The summed E-state index contributed by atoms with van der Waals surface area (Å²) in [6.07, 6.45) is 3.54. The SMILES string of the molecule is CN=C(NCCS(=O)(=O)c1ccccc1F)N1CCOC(c2cnn(C)c2)C1. The van der Waals surface area contributed by atoms with Gasteiger partial charge in [0.15, 0.2) is 15.8 Å². The molecule has 10 heteroatoms. The van der Waals surface area contributed by atoms with Crippen LogP contribution in [0.25, 0.3) is 0 Å². The van der Waals surface area contributed by atoms with Gasteiger partial charge in [0.05, 0.1) is 25.1 Å². The van der Waals surface area contributed by atoms with Crippen molar-refractivity contribution in [2.24, 2.45) is 12.0 Å². The normalized spacial score (nSPS) is 18.3. The zero-order chi connectivity index (χ0) is 20.1. The van der Waals surface area contributed by atoms with Gasteiger partial charge in [0.2, 0.25) is 0 Å². The largest absolute Gasteiger partial charge is 0.370 e. The molecule has 1 atom stereocenters. The summed E-state index contributed by atoms with van der Waals surface area (Å²) < 4.78 is 46.1. The Balaban J connectivity index is 1.59. The standard InChI is InChI=1S/C18H24FN5O3S/c1-20-18(21-7-10-28(25,26)17-6-4-3-5-15(17)19)24-8-9-27-16(13-24)14-11-22-23(2)12-14/h3-6,11-12,16H,7-10,13H2,1-2H3,(H,20,21).